The van der Waals surface area contributed by atoms with Crippen LogP contribution >= 0.6 is 0 Å². The Hall–Kier alpha value is -2.97. The minimum absolute atomic E-state index is 0.0755. The van der Waals surface area contributed by atoms with Crippen LogP contribution < -0.4 is 14.2 Å². The fourth-order valence-corrected chi connectivity index (χ4v) is 2.16. The van der Waals surface area contributed by atoms with Crippen LogP contribution in [0.3, 0.4) is 0 Å². The van der Waals surface area contributed by atoms with E-state index in [2.05, 4.69) is 14.2 Å². The average Bonchev–Trinajstić information content (AvgIpc) is 2.63. The van der Waals surface area contributed by atoms with E-state index in [0.717, 1.165) is 21.3 Å². The highest BCUT2D eigenvalue weighted by Crippen LogP contribution is 2.46. The Bertz CT molecular complexity index is 618. The van der Waals surface area contributed by atoms with Gasteiger partial charge in [-0.3, -0.25) is 0 Å². The summed E-state index contributed by atoms with van der Waals surface area (Å²) in [7, 11) is 7.09. The summed E-state index contributed by atoms with van der Waals surface area (Å²) in [6.45, 7) is 0. The molecular weight excluding hydrogens is 324 g/mol. The fraction of sp³-hybridized carbons (Fsp3) is 0.400. The number of methoxy groups -OCH3 is 6. The molecule has 0 aliphatic rings. The molecule has 1 aromatic rings. The van der Waals surface area contributed by atoms with E-state index in [4.69, 9.17) is 14.2 Å². The second-order valence-electron chi connectivity index (χ2n) is 4.20. The third-order valence-corrected chi connectivity index (χ3v) is 3.15. The van der Waals surface area contributed by atoms with E-state index in [1.807, 2.05) is 0 Å². The molecule has 0 aromatic heterocycles. The summed E-state index contributed by atoms with van der Waals surface area (Å²) in [5, 5.41) is 0. The van der Waals surface area contributed by atoms with E-state index in [-0.39, 0.29) is 28.4 Å². The summed E-state index contributed by atoms with van der Waals surface area (Å²) in [4.78, 5) is 36.7. The summed E-state index contributed by atoms with van der Waals surface area (Å²) in [5.41, 5.74) is -1.10. The van der Waals surface area contributed by atoms with E-state index in [1.54, 1.807) is 0 Å². The van der Waals surface area contributed by atoms with E-state index in [0.29, 0.717) is 0 Å². The first kappa shape index (κ1) is 19.1. The van der Waals surface area contributed by atoms with Gasteiger partial charge in [-0.2, -0.15) is 0 Å². The average molecular weight is 342 g/mol. The lowest BCUT2D eigenvalue weighted by atomic mass is 9.97. The highest BCUT2D eigenvalue weighted by Gasteiger charge is 2.37. The van der Waals surface area contributed by atoms with Gasteiger partial charge >= 0.3 is 17.9 Å². The van der Waals surface area contributed by atoms with E-state index >= 15 is 0 Å². The number of carbonyl (C=O) groups excluding carboxylic acids is 3. The van der Waals surface area contributed by atoms with E-state index < -0.39 is 23.5 Å². The number of hydrogen-bond acceptors (Lipinski definition) is 9. The molecule has 9 nitrogen and oxygen atoms in total. The molecule has 0 atom stereocenters. The number of hydrogen-bond donors (Lipinski definition) is 0. The Labute approximate surface area is 138 Å². The summed E-state index contributed by atoms with van der Waals surface area (Å²) < 4.78 is 29.6. The van der Waals surface area contributed by atoms with Crippen LogP contribution in [0.25, 0.3) is 0 Å². The lowest BCUT2D eigenvalue weighted by molar-refractivity contribution is 0.0529. The zero-order valence-corrected chi connectivity index (χ0v) is 14.2. The second kappa shape index (κ2) is 8.04. The molecule has 0 radical (unpaired) electrons. The van der Waals surface area contributed by atoms with Crippen molar-refractivity contribution >= 4 is 17.9 Å². The SMILES string of the molecule is COC(=O)c1c(OC)c(OC)c(OC)c(C(=O)OC)c1C(=O)OC. The van der Waals surface area contributed by atoms with Crippen molar-refractivity contribution in [2.75, 3.05) is 42.7 Å². The molecule has 0 N–H and O–H groups in total. The first-order chi connectivity index (χ1) is 11.4. The predicted molar refractivity (Wildman–Crippen MR) is 80.1 cm³/mol. The van der Waals surface area contributed by atoms with Crippen LogP contribution in [0.4, 0.5) is 0 Å². The molecule has 0 saturated heterocycles. The molecule has 24 heavy (non-hydrogen) atoms. The van der Waals surface area contributed by atoms with E-state index in [9.17, 15) is 14.4 Å². The quantitative estimate of drug-likeness (QED) is 0.554. The summed E-state index contributed by atoms with van der Waals surface area (Å²) in [5.74, 6) is -3.20. The van der Waals surface area contributed by atoms with Gasteiger partial charge in [-0.1, -0.05) is 0 Å². The van der Waals surface area contributed by atoms with Gasteiger partial charge in [0.25, 0.3) is 0 Å². The first-order valence-electron chi connectivity index (χ1n) is 6.54. The predicted octanol–water partition coefficient (Wildman–Crippen LogP) is 1.07. The van der Waals surface area contributed by atoms with E-state index in [1.165, 1.54) is 21.3 Å². The van der Waals surface area contributed by atoms with Gasteiger partial charge in [-0.15, -0.1) is 0 Å². The van der Waals surface area contributed by atoms with Gasteiger partial charge in [0.05, 0.1) is 48.2 Å². The number of benzene rings is 1. The van der Waals surface area contributed by atoms with Crippen molar-refractivity contribution in [2.45, 2.75) is 0 Å². The summed E-state index contributed by atoms with van der Waals surface area (Å²) in [6.07, 6.45) is 0. The molecule has 0 aliphatic heterocycles. The van der Waals surface area contributed by atoms with Crippen molar-refractivity contribution < 1.29 is 42.8 Å². The van der Waals surface area contributed by atoms with Gasteiger partial charge in [0.1, 0.15) is 11.1 Å². The third-order valence-electron chi connectivity index (χ3n) is 3.15. The zero-order chi connectivity index (χ0) is 18.4. The van der Waals surface area contributed by atoms with Gasteiger partial charge in [-0.05, 0) is 0 Å². The second-order valence-corrected chi connectivity index (χ2v) is 4.20. The largest absolute Gasteiger partial charge is 0.492 e. The Morgan fingerprint density at radius 2 is 0.792 bits per heavy atom. The highest BCUT2D eigenvalue weighted by molar-refractivity contribution is 6.14. The standard InChI is InChI=1S/C15H18O9/c1-19-10-8(14(17)23-5)7(13(16)22-4)9(15(18)24-6)11(20-2)12(10)21-3/h1-6H3. The fourth-order valence-electron chi connectivity index (χ4n) is 2.16. The maximum atomic E-state index is 12.2. The number of carbonyl (C=O) groups is 3. The molecule has 0 unspecified atom stereocenters. The third kappa shape index (κ3) is 3.05. The van der Waals surface area contributed by atoms with Gasteiger partial charge in [0.15, 0.2) is 11.5 Å². The van der Waals surface area contributed by atoms with Crippen molar-refractivity contribution in [3.05, 3.63) is 16.7 Å². The molecule has 0 saturated carbocycles. The van der Waals surface area contributed by atoms with Crippen LogP contribution in [-0.2, 0) is 14.2 Å². The monoisotopic (exact) mass is 342 g/mol. The molecule has 0 spiro atoms. The summed E-state index contributed by atoms with van der Waals surface area (Å²) >= 11 is 0. The lowest BCUT2D eigenvalue weighted by Gasteiger charge is -2.20. The Morgan fingerprint density at radius 3 is 1.04 bits per heavy atom. The van der Waals surface area contributed by atoms with Crippen LogP contribution in [-0.4, -0.2) is 60.6 Å². The zero-order valence-electron chi connectivity index (χ0n) is 14.2. The normalized spacial score (nSPS) is 9.75. The van der Waals surface area contributed by atoms with Gasteiger partial charge in [0.2, 0.25) is 5.75 Å². The minimum Gasteiger partial charge on any atom is -0.492 e. The molecule has 0 bridgehead atoms. The maximum Gasteiger partial charge on any atom is 0.342 e. The molecule has 0 aliphatic carbocycles. The molecule has 1 aromatic carbocycles. The van der Waals surface area contributed by atoms with Crippen LogP contribution in [0, 0.1) is 0 Å². The smallest absolute Gasteiger partial charge is 0.342 e. The number of esters is 3. The topological polar surface area (TPSA) is 107 Å². The maximum absolute atomic E-state index is 12.2. The van der Waals surface area contributed by atoms with Crippen molar-refractivity contribution in [1.82, 2.24) is 0 Å². The molecule has 9 heteroatoms. The Kier molecular flexibility index (Phi) is 6.39. The Balaban J connectivity index is 4.14. The number of rotatable bonds is 6. The minimum atomic E-state index is -0.977. The van der Waals surface area contributed by atoms with Crippen molar-refractivity contribution in [3.8, 4) is 17.2 Å². The van der Waals surface area contributed by atoms with Crippen LogP contribution in [0.2, 0.25) is 0 Å². The molecule has 0 amide bonds. The van der Waals surface area contributed by atoms with Crippen molar-refractivity contribution in [1.29, 1.82) is 0 Å². The van der Waals surface area contributed by atoms with Crippen LogP contribution in [0.15, 0.2) is 0 Å². The van der Waals surface area contributed by atoms with Crippen LogP contribution in [0.1, 0.15) is 31.1 Å². The van der Waals surface area contributed by atoms with Crippen molar-refractivity contribution in [2.24, 2.45) is 0 Å². The summed E-state index contributed by atoms with van der Waals surface area (Å²) in [6, 6.07) is 0. The van der Waals surface area contributed by atoms with Gasteiger partial charge in [0, 0.05) is 0 Å². The molecule has 1 rings (SSSR count). The van der Waals surface area contributed by atoms with Crippen molar-refractivity contribution in [3.63, 3.8) is 0 Å². The highest BCUT2D eigenvalue weighted by atomic mass is 16.6. The molecule has 0 fully saturated rings. The molecule has 132 valence electrons. The van der Waals surface area contributed by atoms with Crippen LogP contribution in [0.5, 0.6) is 17.2 Å². The van der Waals surface area contributed by atoms with Gasteiger partial charge in [-0.25, -0.2) is 14.4 Å². The lowest BCUT2D eigenvalue weighted by Crippen LogP contribution is -2.21. The molecule has 0 heterocycles. The van der Waals surface area contributed by atoms with Gasteiger partial charge < -0.3 is 28.4 Å². The number of ether oxygens (including phenoxy) is 6. The first-order valence-corrected chi connectivity index (χ1v) is 6.54. The molecular formula is C15H18O9. The Morgan fingerprint density at radius 1 is 0.500 bits per heavy atom.